The van der Waals surface area contributed by atoms with Crippen molar-refractivity contribution in [1.29, 1.82) is 0 Å². The number of piperidine rings is 1. The number of anilines is 1. The van der Waals surface area contributed by atoms with Gasteiger partial charge in [-0.2, -0.15) is 0 Å². The fraction of sp³-hybridized carbons (Fsp3) is 0.789. The van der Waals surface area contributed by atoms with Gasteiger partial charge in [0.15, 0.2) is 0 Å². The van der Waals surface area contributed by atoms with Crippen molar-refractivity contribution in [3.8, 4) is 0 Å². The van der Waals surface area contributed by atoms with Crippen LogP contribution in [0.15, 0.2) is 6.20 Å². The second kappa shape index (κ2) is 8.26. The van der Waals surface area contributed by atoms with Gasteiger partial charge in [0.25, 0.3) is 0 Å². The first kappa shape index (κ1) is 17.6. The molecule has 1 atom stereocenters. The Morgan fingerprint density at radius 3 is 2.67 bits per heavy atom. The van der Waals surface area contributed by atoms with Gasteiger partial charge in [0, 0.05) is 43.5 Å². The summed E-state index contributed by atoms with van der Waals surface area (Å²) in [6.45, 7) is 6.72. The average Bonchev–Trinajstić information content (AvgIpc) is 2.65. The first-order valence-electron chi connectivity index (χ1n) is 9.72. The lowest BCUT2D eigenvalue weighted by molar-refractivity contribution is 0.202. The van der Waals surface area contributed by atoms with E-state index in [1.54, 1.807) is 0 Å². The maximum atomic E-state index is 9.29. The number of aliphatic hydroxyl groups is 1. The van der Waals surface area contributed by atoms with Crippen LogP contribution in [-0.4, -0.2) is 40.8 Å². The van der Waals surface area contributed by atoms with Crippen LogP contribution >= 0.6 is 0 Å². The van der Waals surface area contributed by atoms with E-state index in [9.17, 15) is 5.11 Å². The van der Waals surface area contributed by atoms with Crippen LogP contribution in [0, 0.1) is 5.92 Å². The summed E-state index contributed by atoms with van der Waals surface area (Å²) in [7, 11) is 0. The normalized spacial score (nSPS) is 22.0. The molecule has 5 heteroatoms. The highest BCUT2D eigenvalue weighted by atomic mass is 16.3. The van der Waals surface area contributed by atoms with Gasteiger partial charge >= 0.3 is 0 Å². The number of hydrogen-bond acceptors (Lipinski definition) is 5. The number of nitrogens with zero attached hydrogens (tertiary/aromatic N) is 3. The molecule has 5 nitrogen and oxygen atoms in total. The van der Waals surface area contributed by atoms with Crippen LogP contribution in [0.1, 0.15) is 69.7 Å². The molecule has 24 heavy (non-hydrogen) atoms. The molecule has 3 rings (SSSR count). The molecule has 2 aliphatic rings. The molecule has 0 amide bonds. The molecule has 1 fully saturated rings. The number of hydrogen-bond donors (Lipinski definition) is 2. The first-order valence-corrected chi connectivity index (χ1v) is 9.72. The highest BCUT2D eigenvalue weighted by Crippen LogP contribution is 2.30. The van der Waals surface area contributed by atoms with Crippen LogP contribution in [-0.2, 0) is 6.42 Å². The predicted molar refractivity (Wildman–Crippen MR) is 97.2 cm³/mol. The van der Waals surface area contributed by atoms with Crippen molar-refractivity contribution >= 4 is 5.95 Å². The highest BCUT2D eigenvalue weighted by Gasteiger charge is 2.26. The zero-order chi connectivity index (χ0) is 16.9. The van der Waals surface area contributed by atoms with E-state index in [-0.39, 0.29) is 0 Å². The molecular weight excluding hydrogens is 300 g/mol. The van der Waals surface area contributed by atoms with Crippen molar-refractivity contribution in [2.24, 2.45) is 5.92 Å². The molecular formula is C19H32N4O. The van der Waals surface area contributed by atoms with E-state index in [1.807, 2.05) is 0 Å². The number of rotatable bonds is 6. The number of aliphatic hydroxyl groups excluding tert-OH is 1. The lowest BCUT2D eigenvalue weighted by atomic mass is 9.91. The quantitative estimate of drug-likeness (QED) is 0.839. The van der Waals surface area contributed by atoms with Gasteiger partial charge in [-0.1, -0.05) is 13.8 Å². The molecule has 1 aromatic heterocycles. The Morgan fingerprint density at radius 2 is 2.00 bits per heavy atom. The summed E-state index contributed by atoms with van der Waals surface area (Å²) >= 11 is 0. The Balaban J connectivity index is 1.71. The van der Waals surface area contributed by atoms with E-state index < -0.39 is 0 Å². The van der Waals surface area contributed by atoms with Gasteiger partial charge < -0.3 is 15.3 Å². The molecule has 0 saturated carbocycles. The third-order valence-electron chi connectivity index (χ3n) is 5.75. The minimum atomic E-state index is 0.308. The van der Waals surface area contributed by atoms with Crippen LogP contribution in [0.25, 0.3) is 0 Å². The molecule has 0 aromatic carbocycles. The lowest BCUT2D eigenvalue weighted by Crippen LogP contribution is -2.37. The molecule has 0 spiro atoms. The molecule has 0 unspecified atom stereocenters. The van der Waals surface area contributed by atoms with E-state index in [1.165, 1.54) is 36.9 Å². The summed E-state index contributed by atoms with van der Waals surface area (Å²) in [6, 6.07) is 0.992. The SMILES string of the molecule is CCC(CC)N[C@@H]1CCCc2nc(N3CCC(CO)CC3)ncc21. The van der Waals surface area contributed by atoms with Gasteiger partial charge in [0.1, 0.15) is 0 Å². The van der Waals surface area contributed by atoms with Crippen molar-refractivity contribution in [1.82, 2.24) is 15.3 Å². The van der Waals surface area contributed by atoms with E-state index in [0.29, 0.717) is 24.6 Å². The number of fused-ring (bicyclic) bond motifs is 1. The Kier molecular flexibility index (Phi) is 6.06. The molecule has 2 heterocycles. The number of aryl methyl sites for hydroxylation is 1. The van der Waals surface area contributed by atoms with Crippen LogP contribution in [0.3, 0.4) is 0 Å². The average molecular weight is 332 g/mol. The van der Waals surface area contributed by atoms with Crippen molar-refractivity contribution in [3.05, 3.63) is 17.5 Å². The second-order valence-corrected chi connectivity index (χ2v) is 7.31. The van der Waals surface area contributed by atoms with Crippen LogP contribution in [0.4, 0.5) is 5.95 Å². The van der Waals surface area contributed by atoms with Gasteiger partial charge in [-0.05, 0) is 50.9 Å². The summed E-state index contributed by atoms with van der Waals surface area (Å²) in [5.41, 5.74) is 2.54. The zero-order valence-electron chi connectivity index (χ0n) is 15.2. The van der Waals surface area contributed by atoms with Gasteiger partial charge in [-0.3, -0.25) is 0 Å². The molecule has 134 valence electrons. The summed E-state index contributed by atoms with van der Waals surface area (Å²) in [6.07, 6.45) is 9.93. The van der Waals surface area contributed by atoms with Crippen LogP contribution < -0.4 is 10.2 Å². The molecule has 0 radical (unpaired) electrons. The number of aromatic nitrogens is 2. The monoisotopic (exact) mass is 332 g/mol. The lowest BCUT2D eigenvalue weighted by Gasteiger charge is -2.33. The van der Waals surface area contributed by atoms with Crippen molar-refractivity contribution in [2.75, 3.05) is 24.6 Å². The van der Waals surface area contributed by atoms with Crippen molar-refractivity contribution in [3.63, 3.8) is 0 Å². The summed E-state index contributed by atoms with van der Waals surface area (Å²) in [4.78, 5) is 11.9. The van der Waals surface area contributed by atoms with Crippen LogP contribution in [0.5, 0.6) is 0 Å². The van der Waals surface area contributed by atoms with E-state index in [0.717, 1.165) is 38.3 Å². The molecule has 2 N–H and O–H groups in total. The Hall–Kier alpha value is -1.20. The van der Waals surface area contributed by atoms with E-state index >= 15 is 0 Å². The van der Waals surface area contributed by atoms with Crippen molar-refractivity contribution in [2.45, 2.75) is 70.9 Å². The highest BCUT2D eigenvalue weighted by molar-refractivity contribution is 5.36. The van der Waals surface area contributed by atoms with E-state index in [2.05, 4.69) is 35.2 Å². The molecule has 1 aliphatic carbocycles. The van der Waals surface area contributed by atoms with E-state index in [4.69, 9.17) is 4.98 Å². The summed E-state index contributed by atoms with van der Waals surface area (Å²) in [5.74, 6) is 1.33. The van der Waals surface area contributed by atoms with Gasteiger partial charge in [0.2, 0.25) is 5.95 Å². The Bertz CT molecular complexity index is 524. The second-order valence-electron chi connectivity index (χ2n) is 7.31. The third-order valence-corrected chi connectivity index (χ3v) is 5.75. The van der Waals surface area contributed by atoms with Gasteiger partial charge in [-0.15, -0.1) is 0 Å². The number of nitrogens with one attached hydrogen (secondary N) is 1. The minimum absolute atomic E-state index is 0.308. The maximum Gasteiger partial charge on any atom is 0.225 e. The minimum Gasteiger partial charge on any atom is -0.396 e. The van der Waals surface area contributed by atoms with Gasteiger partial charge in [0.05, 0.1) is 5.69 Å². The molecule has 1 aliphatic heterocycles. The Morgan fingerprint density at radius 1 is 1.25 bits per heavy atom. The zero-order valence-corrected chi connectivity index (χ0v) is 15.2. The maximum absolute atomic E-state index is 9.29. The predicted octanol–water partition coefficient (Wildman–Crippen LogP) is 2.84. The van der Waals surface area contributed by atoms with Gasteiger partial charge in [-0.25, -0.2) is 9.97 Å². The fourth-order valence-corrected chi connectivity index (χ4v) is 3.99. The molecule has 0 bridgehead atoms. The smallest absolute Gasteiger partial charge is 0.225 e. The van der Waals surface area contributed by atoms with Crippen LogP contribution in [0.2, 0.25) is 0 Å². The third kappa shape index (κ3) is 3.89. The standard InChI is InChI=1S/C19H32N4O/c1-3-15(4-2)21-17-6-5-7-18-16(17)12-20-19(22-18)23-10-8-14(13-24)9-11-23/h12,14-15,17,21,24H,3-11,13H2,1-2H3/t17-/m1/s1. The van der Waals surface area contributed by atoms with Crippen molar-refractivity contribution < 1.29 is 5.11 Å². The fourth-order valence-electron chi connectivity index (χ4n) is 3.99. The first-order chi connectivity index (χ1) is 11.7. The summed E-state index contributed by atoms with van der Waals surface area (Å²) < 4.78 is 0. The topological polar surface area (TPSA) is 61.3 Å². The molecule has 1 saturated heterocycles. The summed E-state index contributed by atoms with van der Waals surface area (Å²) in [5, 5.41) is 13.1. The Labute approximate surface area is 145 Å². The largest absolute Gasteiger partial charge is 0.396 e. The molecule has 1 aromatic rings.